The summed E-state index contributed by atoms with van der Waals surface area (Å²) in [6.07, 6.45) is 3.99. The highest BCUT2D eigenvalue weighted by Gasteiger charge is 2.07. The average Bonchev–Trinajstić information content (AvgIpc) is 3.23. The fourth-order valence-electron chi connectivity index (χ4n) is 2.36. The minimum absolute atomic E-state index is 0.621. The number of imidazole rings is 1. The molecule has 2 N–H and O–H groups in total. The Labute approximate surface area is 136 Å². The summed E-state index contributed by atoms with van der Waals surface area (Å²) in [6, 6.07) is 10.4. The zero-order valence-corrected chi connectivity index (χ0v) is 13.0. The van der Waals surface area contributed by atoms with Gasteiger partial charge in [0.25, 0.3) is 0 Å². The molecule has 0 aliphatic carbocycles. The van der Waals surface area contributed by atoms with Gasteiger partial charge in [-0.05, 0) is 5.56 Å². The third-order valence-electron chi connectivity index (χ3n) is 3.46. The normalized spacial score (nSPS) is 11.0. The largest absolute Gasteiger partial charge is 0.362 e. The lowest BCUT2D eigenvalue weighted by Crippen LogP contribution is -2.03. The van der Waals surface area contributed by atoms with Crippen molar-refractivity contribution in [3.8, 4) is 0 Å². The summed E-state index contributed by atoms with van der Waals surface area (Å²) in [5.41, 5.74) is 3.75. The summed E-state index contributed by atoms with van der Waals surface area (Å²) in [7, 11) is 0. The van der Waals surface area contributed by atoms with E-state index in [-0.39, 0.29) is 0 Å². The monoisotopic (exact) mass is 322 g/mol. The Hall–Kier alpha value is -2.80. The summed E-state index contributed by atoms with van der Waals surface area (Å²) >= 11 is 1.68. The third-order valence-corrected chi connectivity index (χ3v) is 4.36. The average molecular weight is 322 g/mol. The first-order valence-corrected chi connectivity index (χ1v) is 8.11. The predicted molar refractivity (Wildman–Crippen MR) is 90.4 cm³/mol. The molecule has 0 atom stereocenters. The number of aromatic nitrogens is 5. The molecule has 0 saturated carbocycles. The first kappa shape index (κ1) is 13.8. The maximum absolute atomic E-state index is 4.68. The zero-order chi connectivity index (χ0) is 15.5. The molecule has 4 aromatic rings. The number of rotatable bonds is 5. The summed E-state index contributed by atoms with van der Waals surface area (Å²) in [6.45, 7) is 0.621. The van der Waals surface area contributed by atoms with E-state index in [4.69, 9.17) is 0 Å². The van der Waals surface area contributed by atoms with Gasteiger partial charge < -0.3 is 10.3 Å². The number of H-pyrrole nitrogens is 1. The Balaban J connectivity index is 1.45. The maximum Gasteiger partial charge on any atom is 0.182 e. The van der Waals surface area contributed by atoms with E-state index in [2.05, 4.69) is 59.9 Å². The van der Waals surface area contributed by atoms with E-state index in [0.29, 0.717) is 12.2 Å². The van der Waals surface area contributed by atoms with Crippen molar-refractivity contribution in [1.29, 1.82) is 0 Å². The highest BCUT2D eigenvalue weighted by molar-refractivity contribution is 7.09. The summed E-state index contributed by atoms with van der Waals surface area (Å²) in [4.78, 5) is 20.2. The lowest BCUT2D eigenvalue weighted by atomic mass is 10.2. The van der Waals surface area contributed by atoms with E-state index in [0.717, 1.165) is 28.5 Å². The fraction of sp³-hybridized carbons (Fsp3) is 0.125. The first-order chi connectivity index (χ1) is 11.4. The second kappa shape index (κ2) is 6.13. The molecule has 0 amide bonds. The van der Waals surface area contributed by atoms with Gasteiger partial charge in [-0.1, -0.05) is 30.3 Å². The highest BCUT2D eigenvalue weighted by atomic mass is 32.1. The van der Waals surface area contributed by atoms with Crippen LogP contribution < -0.4 is 5.32 Å². The molecule has 0 spiro atoms. The van der Waals surface area contributed by atoms with Gasteiger partial charge in [-0.15, -0.1) is 11.3 Å². The lowest BCUT2D eigenvalue weighted by molar-refractivity contribution is 1.01. The molecule has 4 rings (SSSR count). The molecule has 23 heavy (non-hydrogen) atoms. The molecule has 0 radical (unpaired) electrons. The SMILES string of the molecule is c1ccc(Cc2nc(CNc3ncnc4nc[nH]c34)cs2)cc1. The van der Waals surface area contributed by atoms with Gasteiger partial charge in [0.1, 0.15) is 11.8 Å². The zero-order valence-electron chi connectivity index (χ0n) is 12.2. The van der Waals surface area contributed by atoms with E-state index >= 15 is 0 Å². The molecule has 7 heteroatoms. The van der Waals surface area contributed by atoms with Crippen LogP contribution in [0.4, 0.5) is 5.82 Å². The Morgan fingerprint density at radius 3 is 2.91 bits per heavy atom. The number of hydrogen-bond donors (Lipinski definition) is 2. The predicted octanol–water partition coefficient (Wildman–Crippen LogP) is 3.01. The van der Waals surface area contributed by atoms with E-state index in [1.54, 1.807) is 17.7 Å². The van der Waals surface area contributed by atoms with Crippen LogP contribution in [0, 0.1) is 0 Å². The molecular formula is C16H14N6S. The number of benzene rings is 1. The molecule has 0 aliphatic rings. The second-order valence-corrected chi connectivity index (χ2v) is 6.01. The van der Waals surface area contributed by atoms with Gasteiger partial charge >= 0.3 is 0 Å². The number of anilines is 1. The van der Waals surface area contributed by atoms with Gasteiger partial charge in [0.15, 0.2) is 11.5 Å². The van der Waals surface area contributed by atoms with Crippen LogP contribution in [0.1, 0.15) is 16.3 Å². The van der Waals surface area contributed by atoms with Crippen molar-refractivity contribution in [3.63, 3.8) is 0 Å². The standard InChI is InChI=1S/C16H14N6S/c1-2-4-11(5-3-1)6-13-22-12(8-23-13)7-17-15-14-16(19-9-18-14)21-10-20-15/h1-5,8-10H,6-7H2,(H2,17,18,19,20,21). The molecule has 1 aromatic carbocycles. The number of fused-ring (bicyclic) bond motifs is 1. The summed E-state index contributed by atoms with van der Waals surface area (Å²) in [5, 5.41) is 6.48. The highest BCUT2D eigenvalue weighted by Crippen LogP contribution is 2.18. The van der Waals surface area contributed by atoms with Gasteiger partial charge in [-0.3, -0.25) is 0 Å². The second-order valence-electron chi connectivity index (χ2n) is 5.07. The number of nitrogens with zero attached hydrogens (tertiary/aromatic N) is 4. The Morgan fingerprint density at radius 1 is 1.09 bits per heavy atom. The van der Waals surface area contributed by atoms with Crippen LogP contribution in [0.2, 0.25) is 0 Å². The van der Waals surface area contributed by atoms with E-state index < -0.39 is 0 Å². The first-order valence-electron chi connectivity index (χ1n) is 7.23. The maximum atomic E-state index is 4.68. The van der Waals surface area contributed by atoms with Crippen LogP contribution in [-0.4, -0.2) is 24.9 Å². The molecule has 0 saturated heterocycles. The van der Waals surface area contributed by atoms with Gasteiger partial charge in [0.05, 0.1) is 23.6 Å². The summed E-state index contributed by atoms with van der Waals surface area (Å²) < 4.78 is 0. The van der Waals surface area contributed by atoms with Crippen molar-refractivity contribution in [3.05, 3.63) is 64.6 Å². The minimum Gasteiger partial charge on any atom is -0.362 e. The lowest BCUT2D eigenvalue weighted by Gasteiger charge is -2.03. The number of nitrogens with one attached hydrogen (secondary N) is 2. The fourth-order valence-corrected chi connectivity index (χ4v) is 3.18. The number of hydrogen-bond acceptors (Lipinski definition) is 6. The molecular weight excluding hydrogens is 308 g/mol. The number of thiazole rings is 1. The van der Waals surface area contributed by atoms with Crippen molar-refractivity contribution in [2.75, 3.05) is 5.32 Å². The van der Waals surface area contributed by atoms with Gasteiger partial charge in [-0.25, -0.2) is 19.9 Å². The van der Waals surface area contributed by atoms with Gasteiger partial charge in [-0.2, -0.15) is 0 Å². The van der Waals surface area contributed by atoms with Crippen LogP contribution in [0.15, 0.2) is 48.4 Å². The Kier molecular flexibility index (Phi) is 3.69. The third kappa shape index (κ3) is 3.04. The quantitative estimate of drug-likeness (QED) is 0.590. The molecule has 6 nitrogen and oxygen atoms in total. The minimum atomic E-state index is 0.621. The van der Waals surface area contributed by atoms with Crippen LogP contribution in [0.3, 0.4) is 0 Å². The van der Waals surface area contributed by atoms with E-state index in [9.17, 15) is 0 Å². The van der Waals surface area contributed by atoms with E-state index in [1.807, 2.05) is 6.07 Å². The molecule has 0 aliphatic heterocycles. The van der Waals surface area contributed by atoms with Gasteiger partial charge in [0.2, 0.25) is 0 Å². The van der Waals surface area contributed by atoms with Gasteiger partial charge in [0, 0.05) is 11.8 Å². The van der Waals surface area contributed by atoms with Crippen molar-refractivity contribution < 1.29 is 0 Å². The molecule has 3 aromatic heterocycles. The van der Waals surface area contributed by atoms with Crippen molar-refractivity contribution in [2.45, 2.75) is 13.0 Å². The Bertz CT molecular complexity index is 914. The van der Waals surface area contributed by atoms with Crippen molar-refractivity contribution in [2.24, 2.45) is 0 Å². The Morgan fingerprint density at radius 2 is 2.00 bits per heavy atom. The molecule has 0 fully saturated rings. The van der Waals surface area contributed by atoms with Crippen molar-refractivity contribution >= 4 is 28.3 Å². The molecule has 3 heterocycles. The molecule has 0 bridgehead atoms. The van der Waals surface area contributed by atoms with Crippen LogP contribution >= 0.6 is 11.3 Å². The smallest absolute Gasteiger partial charge is 0.182 e. The van der Waals surface area contributed by atoms with Crippen LogP contribution in [-0.2, 0) is 13.0 Å². The topological polar surface area (TPSA) is 79.4 Å². The van der Waals surface area contributed by atoms with Crippen LogP contribution in [0.25, 0.3) is 11.2 Å². The molecule has 114 valence electrons. The molecule has 0 unspecified atom stereocenters. The van der Waals surface area contributed by atoms with E-state index in [1.165, 1.54) is 11.9 Å². The van der Waals surface area contributed by atoms with Crippen molar-refractivity contribution in [1.82, 2.24) is 24.9 Å². The van der Waals surface area contributed by atoms with Crippen LogP contribution in [0.5, 0.6) is 0 Å². The summed E-state index contributed by atoms with van der Waals surface area (Å²) in [5.74, 6) is 0.741. The number of aromatic amines is 1.